The van der Waals surface area contributed by atoms with E-state index in [1.54, 1.807) is 0 Å². The van der Waals surface area contributed by atoms with E-state index in [2.05, 4.69) is 41.2 Å². The highest BCUT2D eigenvalue weighted by atomic mass is 16.5. The van der Waals surface area contributed by atoms with Crippen LogP contribution in [-0.4, -0.2) is 30.9 Å². The van der Waals surface area contributed by atoms with Crippen LogP contribution in [0.4, 0.5) is 0 Å². The minimum atomic E-state index is 0.0983. The fourth-order valence-corrected chi connectivity index (χ4v) is 2.78. The van der Waals surface area contributed by atoms with Crippen LogP contribution in [-0.2, 0) is 14.3 Å². The molecule has 0 radical (unpaired) electrons. The number of benzene rings is 1. The lowest BCUT2D eigenvalue weighted by molar-refractivity contribution is -0.131. The van der Waals surface area contributed by atoms with Gasteiger partial charge in [-0.1, -0.05) is 60.7 Å². The predicted molar refractivity (Wildman–Crippen MR) is 98.8 cm³/mol. The lowest BCUT2D eigenvalue weighted by Gasteiger charge is -2.24. The van der Waals surface area contributed by atoms with Crippen LogP contribution in [0.15, 0.2) is 66.3 Å². The largest absolute Gasteiger partial charge is 0.463 e. The predicted octanol–water partition coefficient (Wildman–Crippen LogP) is 3.97. The molecule has 1 aliphatic carbocycles. The molecule has 4 nitrogen and oxygen atoms in total. The van der Waals surface area contributed by atoms with E-state index in [9.17, 15) is 9.59 Å². The highest BCUT2D eigenvalue weighted by Gasteiger charge is 2.20. The van der Waals surface area contributed by atoms with Crippen molar-refractivity contribution in [1.29, 1.82) is 0 Å². The lowest BCUT2D eigenvalue weighted by Crippen LogP contribution is -2.28. The summed E-state index contributed by atoms with van der Waals surface area (Å²) in [4.78, 5) is 23.3. The van der Waals surface area contributed by atoms with Crippen molar-refractivity contribution in [3.05, 3.63) is 71.8 Å². The van der Waals surface area contributed by atoms with Crippen LogP contribution in [0.3, 0.4) is 0 Å². The molecule has 132 valence electrons. The van der Waals surface area contributed by atoms with Crippen molar-refractivity contribution in [3.63, 3.8) is 0 Å². The van der Waals surface area contributed by atoms with Crippen LogP contribution in [0.1, 0.15) is 37.3 Å². The van der Waals surface area contributed by atoms with Crippen molar-refractivity contribution < 1.29 is 14.3 Å². The molecule has 1 aromatic rings. The van der Waals surface area contributed by atoms with E-state index in [0.717, 1.165) is 24.8 Å². The number of ether oxygens (including phenoxy) is 1. The molecule has 1 aromatic carbocycles. The highest BCUT2D eigenvalue weighted by Crippen LogP contribution is 2.24. The average Bonchev–Trinajstić information content (AvgIpc) is 2.84. The number of carbonyl (C=O) groups is 2. The standard InChI is InChI=1S/C13H15NO.C8H10O2/c1-14-12(9-5-6-10-13(14)15)11-7-3-2-4-8-11;9-7-10-6-8-4-2-1-3-5-8/h2-5,7-9,12H,6,10H2,1H3;2,4-5,7H,1,3,6H2. The molecular formula is C21H25NO3. The molecule has 0 saturated carbocycles. The Kier molecular flexibility index (Phi) is 7.70. The first-order chi connectivity index (χ1) is 12.2. The van der Waals surface area contributed by atoms with Crippen LogP contribution in [0.2, 0.25) is 0 Å². The second-order valence-electron chi connectivity index (χ2n) is 5.99. The van der Waals surface area contributed by atoms with Gasteiger partial charge in [-0.3, -0.25) is 9.59 Å². The second kappa shape index (κ2) is 10.3. The van der Waals surface area contributed by atoms with Gasteiger partial charge in [-0.15, -0.1) is 0 Å². The number of nitrogens with zero attached hydrogens (tertiary/aromatic N) is 1. The maximum Gasteiger partial charge on any atom is 0.293 e. The minimum Gasteiger partial charge on any atom is -0.463 e. The smallest absolute Gasteiger partial charge is 0.293 e. The Bertz CT molecular complexity index is 646. The Morgan fingerprint density at radius 2 is 1.96 bits per heavy atom. The molecule has 3 rings (SSSR count). The van der Waals surface area contributed by atoms with E-state index in [1.165, 1.54) is 5.56 Å². The zero-order valence-corrected chi connectivity index (χ0v) is 14.6. The van der Waals surface area contributed by atoms with E-state index in [0.29, 0.717) is 19.5 Å². The van der Waals surface area contributed by atoms with Crippen LogP contribution < -0.4 is 0 Å². The van der Waals surface area contributed by atoms with E-state index in [-0.39, 0.29) is 11.9 Å². The average molecular weight is 339 g/mol. The van der Waals surface area contributed by atoms with E-state index >= 15 is 0 Å². The van der Waals surface area contributed by atoms with Gasteiger partial charge in [0.15, 0.2) is 0 Å². The topological polar surface area (TPSA) is 46.6 Å². The molecule has 0 fully saturated rings. The van der Waals surface area contributed by atoms with Gasteiger partial charge >= 0.3 is 0 Å². The number of likely N-dealkylation sites (N-methyl/N-ethyl adjacent to an activating group) is 1. The SMILES string of the molecule is CN1C(=O)CCC=CC1c1ccccc1.O=COCC1=CCCC=C1. The molecule has 1 atom stereocenters. The van der Waals surface area contributed by atoms with Crippen molar-refractivity contribution in [3.8, 4) is 0 Å². The molecule has 0 bridgehead atoms. The van der Waals surface area contributed by atoms with Gasteiger partial charge in [0, 0.05) is 13.5 Å². The van der Waals surface area contributed by atoms with Gasteiger partial charge in [0.05, 0.1) is 6.04 Å². The first kappa shape index (κ1) is 18.7. The Hall–Kier alpha value is -2.62. The summed E-state index contributed by atoms with van der Waals surface area (Å²) in [6.45, 7) is 0.892. The summed E-state index contributed by atoms with van der Waals surface area (Å²) in [5.74, 6) is 0.217. The van der Waals surface area contributed by atoms with Crippen LogP contribution >= 0.6 is 0 Å². The van der Waals surface area contributed by atoms with Crippen LogP contribution in [0.25, 0.3) is 0 Å². The molecule has 2 aliphatic rings. The molecule has 0 spiro atoms. The molecule has 1 unspecified atom stereocenters. The first-order valence-corrected chi connectivity index (χ1v) is 8.60. The van der Waals surface area contributed by atoms with Gasteiger partial charge in [0.1, 0.15) is 6.61 Å². The lowest BCUT2D eigenvalue weighted by atomic mass is 10.1. The van der Waals surface area contributed by atoms with E-state index in [1.807, 2.05) is 36.2 Å². The minimum absolute atomic E-state index is 0.0983. The summed E-state index contributed by atoms with van der Waals surface area (Å²) < 4.78 is 4.57. The quantitative estimate of drug-likeness (QED) is 0.616. The van der Waals surface area contributed by atoms with Gasteiger partial charge < -0.3 is 9.64 Å². The Morgan fingerprint density at radius 1 is 1.16 bits per heavy atom. The Morgan fingerprint density at radius 3 is 2.64 bits per heavy atom. The van der Waals surface area contributed by atoms with Crippen LogP contribution in [0.5, 0.6) is 0 Å². The van der Waals surface area contributed by atoms with Crippen LogP contribution in [0, 0.1) is 0 Å². The summed E-state index contributed by atoms with van der Waals surface area (Å²) in [5, 5.41) is 0. The third-order valence-electron chi connectivity index (χ3n) is 4.18. The monoisotopic (exact) mass is 339 g/mol. The van der Waals surface area contributed by atoms with Crippen molar-refractivity contribution >= 4 is 12.4 Å². The summed E-state index contributed by atoms with van der Waals surface area (Å²) in [6, 6.07) is 10.2. The zero-order chi connectivity index (χ0) is 17.9. The van der Waals surface area contributed by atoms with Crippen molar-refractivity contribution in [1.82, 2.24) is 4.90 Å². The maximum atomic E-state index is 11.7. The number of amides is 1. The molecular weight excluding hydrogens is 314 g/mol. The van der Waals surface area contributed by atoms with E-state index < -0.39 is 0 Å². The fraction of sp³-hybridized carbons (Fsp3) is 0.333. The van der Waals surface area contributed by atoms with Gasteiger partial charge in [0.2, 0.25) is 5.91 Å². The molecule has 1 heterocycles. The third-order valence-corrected chi connectivity index (χ3v) is 4.18. The van der Waals surface area contributed by atoms with E-state index in [4.69, 9.17) is 0 Å². The molecule has 4 heteroatoms. The number of carbonyl (C=O) groups excluding carboxylic acids is 2. The first-order valence-electron chi connectivity index (χ1n) is 8.60. The number of allylic oxidation sites excluding steroid dienone is 3. The summed E-state index contributed by atoms with van der Waals surface area (Å²) >= 11 is 0. The maximum absolute atomic E-state index is 11.7. The van der Waals surface area contributed by atoms with Gasteiger partial charge in [-0.25, -0.2) is 0 Å². The number of rotatable bonds is 4. The normalized spacial score (nSPS) is 19.4. The summed E-state index contributed by atoms with van der Waals surface area (Å²) in [5.41, 5.74) is 2.27. The fourth-order valence-electron chi connectivity index (χ4n) is 2.78. The van der Waals surface area contributed by atoms with Gasteiger partial charge in [-0.2, -0.15) is 0 Å². The number of hydrogen-bond acceptors (Lipinski definition) is 3. The summed E-state index contributed by atoms with van der Waals surface area (Å²) in [7, 11) is 1.87. The highest BCUT2D eigenvalue weighted by molar-refractivity contribution is 5.77. The number of hydrogen-bond donors (Lipinski definition) is 0. The van der Waals surface area contributed by atoms with Crippen molar-refractivity contribution in [2.45, 2.75) is 31.7 Å². The van der Waals surface area contributed by atoms with Crippen molar-refractivity contribution in [2.24, 2.45) is 0 Å². The molecule has 1 amide bonds. The molecule has 0 N–H and O–H groups in total. The third kappa shape index (κ3) is 6.07. The summed E-state index contributed by atoms with van der Waals surface area (Å²) in [6.07, 6.45) is 14.0. The van der Waals surface area contributed by atoms with Gasteiger partial charge in [0.25, 0.3) is 6.47 Å². The molecule has 0 aromatic heterocycles. The molecule has 0 saturated heterocycles. The Labute approximate surface area is 149 Å². The second-order valence-corrected chi connectivity index (χ2v) is 5.99. The van der Waals surface area contributed by atoms with Crippen molar-refractivity contribution in [2.75, 3.05) is 13.7 Å². The van der Waals surface area contributed by atoms with Gasteiger partial charge in [-0.05, 0) is 30.4 Å². The molecule has 25 heavy (non-hydrogen) atoms. The zero-order valence-electron chi connectivity index (χ0n) is 14.6. The molecule has 1 aliphatic heterocycles. The Balaban J connectivity index is 0.000000196.